The first-order valence-electron chi connectivity index (χ1n) is 9.73. The fraction of sp³-hybridized carbons (Fsp3) is 0.381. The number of thioether (sulfide) groups is 1. The summed E-state index contributed by atoms with van der Waals surface area (Å²) >= 11 is 13.9. The molecule has 1 amide bonds. The SMILES string of the molecule is O=C(NCCSc1ccccc1)C1CCCN(S(=O)(=O)Cc2c(Cl)cccc2Cl)C1. The molecule has 0 aliphatic carbocycles. The normalized spacial score (nSPS) is 17.6. The van der Waals surface area contributed by atoms with Crippen molar-refractivity contribution in [3.63, 3.8) is 0 Å². The monoisotopic (exact) mass is 486 g/mol. The van der Waals surface area contributed by atoms with Crippen LogP contribution >= 0.6 is 35.0 Å². The summed E-state index contributed by atoms with van der Waals surface area (Å²) in [7, 11) is -3.63. The van der Waals surface area contributed by atoms with Crippen LogP contribution in [0.4, 0.5) is 0 Å². The van der Waals surface area contributed by atoms with Gasteiger partial charge in [0.05, 0.1) is 11.7 Å². The van der Waals surface area contributed by atoms with Gasteiger partial charge in [0.15, 0.2) is 0 Å². The molecule has 0 saturated carbocycles. The number of nitrogens with zero attached hydrogens (tertiary/aromatic N) is 1. The fourth-order valence-electron chi connectivity index (χ4n) is 3.36. The number of amides is 1. The molecular formula is C21H24Cl2N2O3S2. The van der Waals surface area contributed by atoms with E-state index in [1.165, 1.54) is 4.31 Å². The van der Waals surface area contributed by atoms with Gasteiger partial charge in [-0.1, -0.05) is 47.5 Å². The molecule has 1 aliphatic rings. The van der Waals surface area contributed by atoms with Gasteiger partial charge in [0, 0.05) is 45.9 Å². The third-order valence-electron chi connectivity index (χ3n) is 4.95. The minimum absolute atomic E-state index is 0.0978. The van der Waals surface area contributed by atoms with Crippen LogP contribution in [-0.2, 0) is 20.6 Å². The minimum Gasteiger partial charge on any atom is -0.355 e. The van der Waals surface area contributed by atoms with Crippen molar-refractivity contribution >= 4 is 50.9 Å². The summed E-state index contributed by atoms with van der Waals surface area (Å²) in [6.45, 7) is 1.12. The van der Waals surface area contributed by atoms with Crippen LogP contribution in [0.3, 0.4) is 0 Å². The van der Waals surface area contributed by atoms with Crippen LogP contribution in [0, 0.1) is 5.92 Å². The zero-order valence-corrected chi connectivity index (χ0v) is 19.5. The van der Waals surface area contributed by atoms with E-state index in [1.807, 2.05) is 30.3 Å². The van der Waals surface area contributed by atoms with E-state index in [2.05, 4.69) is 5.32 Å². The van der Waals surface area contributed by atoms with E-state index in [4.69, 9.17) is 23.2 Å². The zero-order valence-electron chi connectivity index (χ0n) is 16.4. The van der Waals surface area contributed by atoms with Gasteiger partial charge < -0.3 is 5.32 Å². The molecule has 2 aromatic rings. The number of sulfonamides is 1. The van der Waals surface area contributed by atoms with Crippen molar-refractivity contribution in [2.75, 3.05) is 25.4 Å². The van der Waals surface area contributed by atoms with Gasteiger partial charge in [-0.05, 0) is 37.1 Å². The molecule has 0 spiro atoms. The fourth-order valence-corrected chi connectivity index (χ4v) is 6.51. The summed E-state index contributed by atoms with van der Waals surface area (Å²) in [6, 6.07) is 14.9. The van der Waals surface area contributed by atoms with Gasteiger partial charge in [-0.2, -0.15) is 0 Å². The Balaban J connectivity index is 1.53. The molecular weight excluding hydrogens is 463 g/mol. The lowest BCUT2D eigenvalue weighted by Gasteiger charge is -2.31. The standard InChI is InChI=1S/C21H24Cl2N2O3S2/c22-19-9-4-10-20(23)18(19)15-30(27,28)25-12-5-6-16(14-25)21(26)24-11-13-29-17-7-2-1-3-8-17/h1-4,7-10,16H,5-6,11-15H2,(H,24,26). The Hall–Kier alpha value is -1.25. The van der Waals surface area contributed by atoms with E-state index in [-0.39, 0.29) is 24.1 Å². The van der Waals surface area contributed by atoms with Crippen molar-refractivity contribution in [1.29, 1.82) is 0 Å². The summed E-state index contributed by atoms with van der Waals surface area (Å²) < 4.78 is 27.2. The van der Waals surface area contributed by atoms with Crippen molar-refractivity contribution in [2.24, 2.45) is 5.92 Å². The first-order chi connectivity index (χ1) is 14.4. The topological polar surface area (TPSA) is 66.5 Å². The van der Waals surface area contributed by atoms with Gasteiger partial charge >= 0.3 is 0 Å². The number of rotatable bonds is 8. The summed E-state index contributed by atoms with van der Waals surface area (Å²) in [5.41, 5.74) is 0.394. The molecule has 0 bridgehead atoms. The number of carbonyl (C=O) groups is 1. The molecule has 1 atom stereocenters. The van der Waals surface area contributed by atoms with Crippen LogP contribution in [0.25, 0.3) is 0 Å². The van der Waals surface area contributed by atoms with E-state index in [1.54, 1.807) is 30.0 Å². The molecule has 1 saturated heterocycles. The highest BCUT2D eigenvalue weighted by molar-refractivity contribution is 7.99. The van der Waals surface area contributed by atoms with E-state index >= 15 is 0 Å². The van der Waals surface area contributed by atoms with Crippen LogP contribution in [0.1, 0.15) is 18.4 Å². The molecule has 5 nitrogen and oxygen atoms in total. The number of benzene rings is 2. The van der Waals surface area contributed by atoms with Crippen LogP contribution in [0.5, 0.6) is 0 Å². The Labute approximate surface area is 192 Å². The second-order valence-corrected chi connectivity index (χ2v) is 11.1. The van der Waals surface area contributed by atoms with Crippen LogP contribution < -0.4 is 5.32 Å². The van der Waals surface area contributed by atoms with Crippen molar-refractivity contribution < 1.29 is 13.2 Å². The highest BCUT2D eigenvalue weighted by atomic mass is 35.5. The van der Waals surface area contributed by atoms with Crippen LogP contribution in [0.2, 0.25) is 10.0 Å². The quantitative estimate of drug-likeness (QED) is 0.442. The molecule has 0 radical (unpaired) electrons. The molecule has 30 heavy (non-hydrogen) atoms. The van der Waals surface area contributed by atoms with Crippen molar-refractivity contribution in [3.05, 3.63) is 64.1 Å². The van der Waals surface area contributed by atoms with Gasteiger partial charge in [-0.15, -0.1) is 11.8 Å². The van der Waals surface area contributed by atoms with Gasteiger partial charge in [-0.25, -0.2) is 12.7 Å². The first-order valence-corrected chi connectivity index (χ1v) is 13.1. The van der Waals surface area contributed by atoms with E-state index in [9.17, 15) is 13.2 Å². The van der Waals surface area contributed by atoms with E-state index < -0.39 is 10.0 Å². The average molecular weight is 487 g/mol. The predicted molar refractivity (Wildman–Crippen MR) is 124 cm³/mol. The van der Waals surface area contributed by atoms with Crippen molar-refractivity contribution in [1.82, 2.24) is 9.62 Å². The Morgan fingerprint density at radius 2 is 1.80 bits per heavy atom. The molecule has 1 fully saturated rings. The number of carbonyl (C=O) groups excluding carboxylic acids is 1. The molecule has 3 rings (SSSR count). The minimum atomic E-state index is -3.63. The largest absolute Gasteiger partial charge is 0.355 e. The molecule has 1 unspecified atom stereocenters. The number of piperidine rings is 1. The van der Waals surface area contributed by atoms with Crippen molar-refractivity contribution in [2.45, 2.75) is 23.5 Å². The number of halogens is 2. The van der Waals surface area contributed by atoms with Gasteiger partial charge in [0.1, 0.15) is 0 Å². The second kappa shape index (κ2) is 10.9. The summed E-state index contributed by atoms with van der Waals surface area (Å²) in [4.78, 5) is 13.7. The molecule has 162 valence electrons. The van der Waals surface area contributed by atoms with Crippen molar-refractivity contribution in [3.8, 4) is 0 Å². The summed E-state index contributed by atoms with van der Waals surface area (Å²) in [6.07, 6.45) is 1.32. The van der Waals surface area contributed by atoms with Gasteiger partial charge in [0.25, 0.3) is 0 Å². The van der Waals surface area contributed by atoms with E-state index in [0.717, 1.165) is 10.6 Å². The molecule has 1 N–H and O–H groups in total. The summed E-state index contributed by atoms with van der Waals surface area (Å²) in [5, 5.41) is 3.59. The predicted octanol–water partition coefficient (Wildman–Crippen LogP) is 4.44. The first kappa shape index (κ1) is 23.4. The lowest BCUT2D eigenvalue weighted by Crippen LogP contribution is -2.46. The molecule has 9 heteroatoms. The lowest BCUT2D eigenvalue weighted by atomic mass is 9.99. The Kier molecular flexibility index (Phi) is 8.48. The van der Waals surface area contributed by atoms with E-state index in [0.29, 0.717) is 41.5 Å². The van der Waals surface area contributed by atoms with Crippen LogP contribution in [-0.4, -0.2) is 44.0 Å². The maximum Gasteiger partial charge on any atom is 0.224 e. The molecule has 2 aromatic carbocycles. The molecule has 0 aromatic heterocycles. The van der Waals surface area contributed by atoms with Gasteiger partial charge in [0.2, 0.25) is 15.9 Å². The molecule has 1 heterocycles. The zero-order chi connectivity index (χ0) is 21.6. The average Bonchev–Trinajstić information content (AvgIpc) is 2.75. The third kappa shape index (κ3) is 6.37. The number of hydrogen-bond donors (Lipinski definition) is 1. The van der Waals surface area contributed by atoms with Gasteiger partial charge in [-0.3, -0.25) is 4.79 Å². The Bertz CT molecular complexity index is 951. The maximum absolute atomic E-state index is 12.9. The Morgan fingerprint density at radius 1 is 1.10 bits per heavy atom. The highest BCUT2D eigenvalue weighted by Gasteiger charge is 2.33. The second-order valence-electron chi connectivity index (χ2n) is 7.11. The smallest absolute Gasteiger partial charge is 0.224 e. The number of hydrogen-bond acceptors (Lipinski definition) is 4. The highest BCUT2D eigenvalue weighted by Crippen LogP contribution is 2.29. The summed E-state index contributed by atoms with van der Waals surface area (Å²) in [5.74, 6) is 0.0413. The van der Waals surface area contributed by atoms with Crippen LogP contribution in [0.15, 0.2) is 53.4 Å². The lowest BCUT2D eigenvalue weighted by molar-refractivity contribution is -0.125. The number of nitrogens with one attached hydrogen (secondary N) is 1. The maximum atomic E-state index is 12.9. The molecule has 1 aliphatic heterocycles. The Morgan fingerprint density at radius 3 is 2.50 bits per heavy atom. The third-order valence-corrected chi connectivity index (χ3v) is 8.44.